The van der Waals surface area contributed by atoms with Gasteiger partial charge < -0.3 is 0 Å². The van der Waals surface area contributed by atoms with Gasteiger partial charge in [0, 0.05) is 0 Å². The fourth-order valence-corrected chi connectivity index (χ4v) is 3.47. The molecule has 0 saturated carbocycles. The minimum atomic E-state index is -3.59. The van der Waals surface area contributed by atoms with Crippen LogP contribution in [0.4, 0.5) is 0 Å². The number of nitrogens with zero attached hydrogens (tertiary/aromatic N) is 2. The average molecular weight is 309 g/mol. The number of rotatable bonds is 4. The fraction of sp³-hybridized carbons (Fsp3) is 0.308. The Balaban J connectivity index is 2.11. The molecule has 0 amide bonds. The van der Waals surface area contributed by atoms with Crippen molar-refractivity contribution in [3.05, 3.63) is 29.8 Å². The molecule has 7 heteroatoms. The van der Waals surface area contributed by atoms with Crippen LogP contribution in [-0.4, -0.2) is 37.4 Å². The summed E-state index contributed by atoms with van der Waals surface area (Å²) in [5.41, 5.74) is 1.01. The lowest BCUT2D eigenvalue weighted by Crippen LogP contribution is -2.43. The molecule has 2 rings (SSSR count). The van der Waals surface area contributed by atoms with E-state index in [9.17, 15) is 8.42 Å². The number of thioether (sulfide) groups is 1. The van der Waals surface area contributed by atoms with Crippen molar-refractivity contribution in [1.29, 1.82) is 0 Å². The zero-order valence-electron chi connectivity index (χ0n) is 11.0. The SMILES string of the molecule is C#CCSC1=NCCN1NS(=O)(=O)c1ccc(C)cc1. The smallest absolute Gasteiger partial charge is 0.257 e. The van der Waals surface area contributed by atoms with E-state index in [0.717, 1.165) is 5.56 Å². The quantitative estimate of drug-likeness (QED) is 0.850. The Morgan fingerprint density at radius 1 is 1.45 bits per heavy atom. The molecular formula is C13H15N3O2S2. The first-order valence-electron chi connectivity index (χ1n) is 6.00. The molecule has 0 unspecified atom stereocenters. The second kappa shape index (κ2) is 6.31. The number of benzene rings is 1. The van der Waals surface area contributed by atoms with Crippen LogP contribution in [0.1, 0.15) is 5.56 Å². The van der Waals surface area contributed by atoms with Crippen LogP contribution >= 0.6 is 11.8 Å². The minimum Gasteiger partial charge on any atom is -0.271 e. The molecule has 0 radical (unpaired) electrons. The Bertz CT molecular complexity index is 645. The highest BCUT2D eigenvalue weighted by Crippen LogP contribution is 2.15. The summed E-state index contributed by atoms with van der Waals surface area (Å²) in [6.07, 6.45) is 5.20. The van der Waals surface area contributed by atoms with Crippen LogP contribution in [0.25, 0.3) is 0 Å². The number of hydrogen-bond donors (Lipinski definition) is 1. The molecular weight excluding hydrogens is 294 g/mol. The number of amidine groups is 1. The third-order valence-electron chi connectivity index (χ3n) is 2.65. The molecule has 20 heavy (non-hydrogen) atoms. The van der Waals surface area contributed by atoms with Gasteiger partial charge >= 0.3 is 0 Å². The van der Waals surface area contributed by atoms with Gasteiger partial charge in [0.1, 0.15) is 0 Å². The maximum Gasteiger partial charge on any atom is 0.257 e. The lowest BCUT2D eigenvalue weighted by Gasteiger charge is -2.20. The number of hydrogen-bond acceptors (Lipinski definition) is 5. The van der Waals surface area contributed by atoms with Gasteiger partial charge in [-0.1, -0.05) is 35.4 Å². The molecule has 0 atom stereocenters. The van der Waals surface area contributed by atoms with Crippen molar-refractivity contribution in [1.82, 2.24) is 9.84 Å². The first kappa shape index (κ1) is 14.9. The summed E-state index contributed by atoms with van der Waals surface area (Å²) in [4.78, 5) is 7.00. The van der Waals surface area contributed by atoms with Gasteiger partial charge in [0.2, 0.25) is 0 Å². The number of aryl methyl sites for hydroxylation is 1. The van der Waals surface area contributed by atoms with Crippen LogP contribution < -0.4 is 4.83 Å². The van der Waals surface area contributed by atoms with Crippen LogP contribution in [0.15, 0.2) is 34.2 Å². The molecule has 0 aliphatic carbocycles. The van der Waals surface area contributed by atoms with Gasteiger partial charge in [-0.25, -0.2) is 8.42 Å². The number of hydrazine groups is 1. The van der Waals surface area contributed by atoms with Crippen LogP contribution in [0, 0.1) is 19.3 Å². The molecule has 1 aliphatic heterocycles. The zero-order valence-corrected chi connectivity index (χ0v) is 12.7. The molecule has 5 nitrogen and oxygen atoms in total. The largest absolute Gasteiger partial charge is 0.271 e. The second-order valence-electron chi connectivity index (χ2n) is 4.22. The van der Waals surface area contributed by atoms with E-state index in [0.29, 0.717) is 24.0 Å². The lowest BCUT2D eigenvalue weighted by molar-refractivity contribution is 0.415. The summed E-state index contributed by atoms with van der Waals surface area (Å²) >= 11 is 1.34. The van der Waals surface area contributed by atoms with Crippen molar-refractivity contribution < 1.29 is 8.42 Å². The van der Waals surface area contributed by atoms with Crippen molar-refractivity contribution in [2.24, 2.45) is 4.99 Å². The standard InChI is InChI=1S/C13H15N3O2S2/c1-3-10-19-13-14-8-9-16(13)15-20(17,18)12-6-4-11(2)5-7-12/h1,4-7,15H,8-10H2,2H3. The number of terminal acetylenes is 1. The molecule has 106 valence electrons. The maximum absolute atomic E-state index is 12.3. The molecule has 0 saturated heterocycles. The first-order valence-corrected chi connectivity index (χ1v) is 8.47. The maximum atomic E-state index is 12.3. The van der Waals surface area contributed by atoms with Gasteiger partial charge in [-0.05, 0) is 19.1 Å². The van der Waals surface area contributed by atoms with Crippen LogP contribution in [0.2, 0.25) is 0 Å². The van der Waals surface area contributed by atoms with Gasteiger partial charge in [0.15, 0.2) is 5.17 Å². The van der Waals surface area contributed by atoms with E-state index in [1.54, 1.807) is 24.3 Å². The summed E-state index contributed by atoms with van der Waals surface area (Å²) in [7, 11) is -3.59. The lowest BCUT2D eigenvalue weighted by atomic mass is 10.2. The van der Waals surface area contributed by atoms with E-state index < -0.39 is 10.0 Å². The van der Waals surface area contributed by atoms with Crippen molar-refractivity contribution in [2.75, 3.05) is 18.8 Å². The molecule has 0 fully saturated rings. The van der Waals surface area contributed by atoms with Crippen LogP contribution in [0.3, 0.4) is 0 Å². The molecule has 0 spiro atoms. The minimum absolute atomic E-state index is 0.233. The highest BCUT2D eigenvalue weighted by atomic mass is 32.2. The van der Waals surface area contributed by atoms with Crippen molar-refractivity contribution in [3.63, 3.8) is 0 Å². The van der Waals surface area contributed by atoms with Gasteiger partial charge in [-0.3, -0.25) is 10.0 Å². The Morgan fingerprint density at radius 3 is 2.80 bits per heavy atom. The van der Waals surface area contributed by atoms with Crippen molar-refractivity contribution in [2.45, 2.75) is 11.8 Å². The van der Waals surface area contributed by atoms with Crippen molar-refractivity contribution in [3.8, 4) is 12.3 Å². The molecule has 1 aromatic rings. The van der Waals surface area contributed by atoms with E-state index in [-0.39, 0.29) is 4.90 Å². The average Bonchev–Trinajstić information content (AvgIpc) is 2.83. The van der Waals surface area contributed by atoms with Gasteiger partial charge in [0.05, 0.1) is 23.7 Å². The van der Waals surface area contributed by atoms with Crippen LogP contribution in [0.5, 0.6) is 0 Å². The van der Waals surface area contributed by atoms with Gasteiger partial charge in [-0.15, -0.1) is 11.3 Å². The van der Waals surface area contributed by atoms with E-state index in [2.05, 4.69) is 15.7 Å². The van der Waals surface area contributed by atoms with E-state index >= 15 is 0 Å². The van der Waals surface area contributed by atoms with Gasteiger partial charge in [0.25, 0.3) is 10.0 Å². The predicted molar refractivity (Wildman–Crippen MR) is 81.8 cm³/mol. The summed E-state index contributed by atoms with van der Waals surface area (Å²) < 4.78 is 24.5. The highest BCUT2D eigenvalue weighted by molar-refractivity contribution is 8.14. The van der Waals surface area contributed by atoms with E-state index in [1.807, 2.05) is 6.92 Å². The summed E-state index contributed by atoms with van der Waals surface area (Å²) in [6, 6.07) is 6.69. The summed E-state index contributed by atoms with van der Waals surface area (Å²) in [5.74, 6) is 2.95. The number of aliphatic imine (C=N–C) groups is 1. The molecule has 0 bridgehead atoms. The zero-order chi connectivity index (χ0) is 14.6. The first-order chi connectivity index (χ1) is 9.53. The van der Waals surface area contributed by atoms with Crippen LogP contribution in [-0.2, 0) is 10.0 Å². The highest BCUT2D eigenvalue weighted by Gasteiger charge is 2.23. The molecule has 0 aromatic heterocycles. The Morgan fingerprint density at radius 2 is 2.15 bits per heavy atom. The molecule has 1 aromatic carbocycles. The monoisotopic (exact) mass is 309 g/mol. The Hall–Kier alpha value is -1.49. The van der Waals surface area contributed by atoms with Crippen molar-refractivity contribution >= 4 is 27.0 Å². The number of nitrogens with one attached hydrogen (secondary N) is 1. The molecule has 1 aliphatic rings. The Labute approximate surface area is 123 Å². The second-order valence-corrected chi connectivity index (χ2v) is 6.82. The third-order valence-corrected chi connectivity index (χ3v) is 4.92. The molecule has 1 heterocycles. The normalized spacial score (nSPS) is 15.0. The topological polar surface area (TPSA) is 61.8 Å². The summed E-state index contributed by atoms with van der Waals surface area (Å²) in [5, 5.41) is 2.13. The Kier molecular flexibility index (Phi) is 4.70. The molecule has 1 N–H and O–H groups in total. The number of sulfonamides is 1. The third kappa shape index (κ3) is 3.54. The van der Waals surface area contributed by atoms with Gasteiger partial charge in [-0.2, -0.15) is 0 Å². The predicted octanol–water partition coefficient (Wildman–Crippen LogP) is 1.23. The fourth-order valence-electron chi connectivity index (χ4n) is 1.66. The summed E-state index contributed by atoms with van der Waals surface area (Å²) in [6.45, 7) is 2.98. The van der Waals surface area contributed by atoms with E-state index in [4.69, 9.17) is 6.42 Å². The van der Waals surface area contributed by atoms with E-state index in [1.165, 1.54) is 16.8 Å².